The minimum atomic E-state index is -3.33. The third kappa shape index (κ3) is 3.00. The first-order chi connectivity index (χ1) is 18.7. The third-order valence-corrected chi connectivity index (χ3v) is 10.7. The van der Waals surface area contributed by atoms with Crippen molar-refractivity contribution in [2.75, 3.05) is 0 Å². The standard InChI is InChI=1S/C34H21O3P/c35-38-32-18-16-25(22-9-3-1-4-10-22)19-29(32)37-31-21-26(23-11-5-2-6-12-23)20-30(34(31)38)36-28-17-15-24-13-7-8-14-27(24)33(28)38/h1-21H. The molecule has 0 spiro atoms. The van der Waals surface area contributed by atoms with Gasteiger partial charge >= 0.3 is 0 Å². The van der Waals surface area contributed by atoms with Crippen LogP contribution in [-0.2, 0) is 4.57 Å². The van der Waals surface area contributed by atoms with Crippen LogP contribution in [0, 0.1) is 0 Å². The molecule has 6 aromatic rings. The molecule has 0 radical (unpaired) electrons. The second-order valence-corrected chi connectivity index (χ2v) is 12.3. The van der Waals surface area contributed by atoms with E-state index in [1.165, 1.54) is 0 Å². The first-order valence-electron chi connectivity index (χ1n) is 12.6. The molecule has 0 aromatic heterocycles. The van der Waals surface area contributed by atoms with Crippen molar-refractivity contribution >= 4 is 33.8 Å². The molecule has 4 heteroatoms. The molecule has 1 unspecified atom stereocenters. The van der Waals surface area contributed by atoms with Crippen molar-refractivity contribution in [1.29, 1.82) is 0 Å². The lowest BCUT2D eigenvalue weighted by atomic mass is 10.0. The van der Waals surface area contributed by atoms with Crippen LogP contribution in [0.5, 0.6) is 23.0 Å². The molecule has 0 bridgehead atoms. The summed E-state index contributed by atoms with van der Waals surface area (Å²) in [6.45, 7) is 0. The van der Waals surface area contributed by atoms with Crippen molar-refractivity contribution in [2.45, 2.75) is 0 Å². The molecule has 2 aliphatic rings. The molecule has 0 amide bonds. The highest BCUT2D eigenvalue weighted by molar-refractivity contribution is 7.86. The van der Waals surface area contributed by atoms with Gasteiger partial charge in [-0.3, -0.25) is 0 Å². The molecule has 0 saturated carbocycles. The van der Waals surface area contributed by atoms with Gasteiger partial charge in [0.1, 0.15) is 28.3 Å². The average Bonchev–Trinajstić information content (AvgIpc) is 2.97. The van der Waals surface area contributed by atoms with Crippen LogP contribution in [0.1, 0.15) is 0 Å². The molecule has 0 fully saturated rings. The Bertz CT molecular complexity index is 1940. The van der Waals surface area contributed by atoms with E-state index in [1.54, 1.807) is 0 Å². The highest BCUT2D eigenvalue weighted by Crippen LogP contribution is 2.60. The van der Waals surface area contributed by atoms with Crippen LogP contribution < -0.4 is 25.4 Å². The maximum atomic E-state index is 15.7. The lowest BCUT2D eigenvalue weighted by Gasteiger charge is -2.35. The molecule has 8 rings (SSSR count). The van der Waals surface area contributed by atoms with E-state index in [0.29, 0.717) is 33.6 Å². The van der Waals surface area contributed by atoms with Crippen molar-refractivity contribution in [3.63, 3.8) is 0 Å². The first-order valence-corrected chi connectivity index (χ1v) is 14.3. The zero-order chi connectivity index (χ0) is 25.3. The largest absolute Gasteiger partial charge is 0.456 e. The molecule has 0 aliphatic carbocycles. The summed E-state index contributed by atoms with van der Waals surface area (Å²) in [5, 5.41) is 4.07. The van der Waals surface area contributed by atoms with Crippen LogP contribution in [0.4, 0.5) is 0 Å². The minimum absolute atomic E-state index is 0.584. The van der Waals surface area contributed by atoms with Gasteiger partial charge in [-0.1, -0.05) is 97.1 Å². The summed E-state index contributed by atoms with van der Waals surface area (Å²) >= 11 is 0. The third-order valence-electron chi connectivity index (χ3n) is 7.49. The normalized spacial score (nSPS) is 16.5. The van der Waals surface area contributed by atoms with Gasteiger partial charge in [-0.15, -0.1) is 0 Å². The van der Waals surface area contributed by atoms with Crippen molar-refractivity contribution in [3.05, 3.63) is 127 Å². The fraction of sp³-hybridized carbons (Fsp3) is 0. The van der Waals surface area contributed by atoms with Crippen LogP contribution in [0.3, 0.4) is 0 Å². The van der Waals surface area contributed by atoms with Crippen LogP contribution in [0.15, 0.2) is 127 Å². The second kappa shape index (κ2) is 7.95. The molecule has 3 nitrogen and oxygen atoms in total. The van der Waals surface area contributed by atoms with Crippen molar-refractivity contribution in [1.82, 2.24) is 0 Å². The number of ether oxygens (including phenoxy) is 2. The van der Waals surface area contributed by atoms with Gasteiger partial charge in [0, 0.05) is 0 Å². The monoisotopic (exact) mass is 508 g/mol. The van der Waals surface area contributed by atoms with Gasteiger partial charge in [-0.25, -0.2) is 0 Å². The summed E-state index contributed by atoms with van der Waals surface area (Å²) in [4.78, 5) is 0. The lowest BCUT2D eigenvalue weighted by molar-refractivity contribution is 0.462. The Morgan fingerprint density at radius 1 is 0.447 bits per heavy atom. The van der Waals surface area contributed by atoms with Gasteiger partial charge in [-0.05, 0) is 63.4 Å². The maximum Gasteiger partial charge on any atom is 0.186 e. The quantitative estimate of drug-likeness (QED) is 0.222. The fourth-order valence-corrected chi connectivity index (χ4v) is 8.97. The second-order valence-electron chi connectivity index (χ2n) is 9.68. The van der Waals surface area contributed by atoms with E-state index in [2.05, 4.69) is 30.3 Å². The topological polar surface area (TPSA) is 35.5 Å². The van der Waals surface area contributed by atoms with Gasteiger partial charge in [-0.2, -0.15) is 0 Å². The molecule has 2 aliphatic heterocycles. The molecular weight excluding hydrogens is 487 g/mol. The molecule has 0 N–H and O–H groups in total. The Kier molecular flexibility index (Phi) is 4.50. The van der Waals surface area contributed by atoms with Crippen LogP contribution in [-0.4, -0.2) is 0 Å². The summed E-state index contributed by atoms with van der Waals surface area (Å²) in [5.74, 6) is 2.43. The Labute approximate surface area is 220 Å². The Morgan fingerprint density at radius 2 is 1.05 bits per heavy atom. The molecule has 6 aromatic carbocycles. The van der Waals surface area contributed by atoms with E-state index >= 15 is 4.57 Å². The Hall–Kier alpha value is -4.59. The SMILES string of the molecule is O=P12c3ccc(-c4ccccc4)cc3Oc3cc(-c4ccccc4)cc(c31)Oc1ccc3ccccc3c12. The summed E-state index contributed by atoms with van der Waals surface area (Å²) < 4.78 is 28.8. The van der Waals surface area contributed by atoms with Crippen LogP contribution in [0.2, 0.25) is 0 Å². The lowest BCUT2D eigenvalue weighted by Crippen LogP contribution is -2.35. The molecule has 0 saturated heterocycles. The van der Waals surface area contributed by atoms with E-state index in [0.717, 1.165) is 38.3 Å². The van der Waals surface area contributed by atoms with E-state index in [9.17, 15) is 0 Å². The zero-order valence-corrected chi connectivity index (χ0v) is 21.2. The number of benzene rings is 6. The number of hydrogen-bond acceptors (Lipinski definition) is 3. The van der Waals surface area contributed by atoms with Crippen molar-refractivity contribution in [2.24, 2.45) is 0 Å². The summed E-state index contributed by atoms with van der Waals surface area (Å²) in [6, 6.07) is 42.4. The highest BCUT2D eigenvalue weighted by atomic mass is 31.2. The molecular formula is C34H21O3P. The Morgan fingerprint density at radius 3 is 1.79 bits per heavy atom. The van der Waals surface area contributed by atoms with Crippen LogP contribution >= 0.6 is 7.14 Å². The van der Waals surface area contributed by atoms with Crippen molar-refractivity contribution < 1.29 is 14.0 Å². The maximum absolute atomic E-state index is 15.7. The number of hydrogen-bond donors (Lipinski definition) is 0. The van der Waals surface area contributed by atoms with Gasteiger partial charge in [0.05, 0.1) is 10.6 Å². The predicted octanol–water partition coefficient (Wildman–Crippen LogP) is 8.02. The smallest absolute Gasteiger partial charge is 0.186 e. The summed E-state index contributed by atoms with van der Waals surface area (Å²) in [7, 11) is -3.33. The van der Waals surface area contributed by atoms with E-state index in [4.69, 9.17) is 9.47 Å². The average molecular weight is 509 g/mol. The summed E-state index contributed by atoms with van der Waals surface area (Å²) in [5.41, 5.74) is 4.10. The predicted molar refractivity (Wildman–Crippen MR) is 154 cm³/mol. The van der Waals surface area contributed by atoms with Gasteiger partial charge in [0.2, 0.25) is 0 Å². The van der Waals surface area contributed by atoms with E-state index in [-0.39, 0.29) is 0 Å². The number of rotatable bonds is 2. The van der Waals surface area contributed by atoms with Crippen molar-refractivity contribution in [3.8, 4) is 45.3 Å². The molecule has 2 heterocycles. The fourth-order valence-electron chi connectivity index (χ4n) is 5.74. The van der Waals surface area contributed by atoms with Crippen LogP contribution in [0.25, 0.3) is 33.0 Å². The molecule has 38 heavy (non-hydrogen) atoms. The minimum Gasteiger partial charge on any atom is -0.456 e. The first kappa shape index (κ1) is 21.5. The van der Waals surface area contributed by atoms with Gasteiger partial charge in [0.15, 0.2) is 7.14 Å². The van der Waals surface area contributed by atoms with E-state index in [1.807, 2.05) is 97.1 Å². The molecule has 1 atom stereocenters. The number of fused-ring (bicyclic) bond motifs is 6. The van der Waals surface area contributed by atoms with Gasteiger partial charge in [0.25, 0.3) is 0 Å². The highest BCUT2D eigenvalue weighted by Gasteiger charge is 2.47. The summed E-state index contributed by atoms with van der Waals surface area (Å²) in [6.07, 6.45) is 0. The van der Waals surface area contributed by atoms with Gasteiger partial charge < -0.3 is 14.0 Å². The zero-order valence-electron chi connectivity index (χ0n) is 20.3. The van der Waals surface area contributed by atoms with E-state index < -0.39 is 7.14 Å². The Balaban J connectivity index is 1.45. The molecule has 180 valence electrons.